The smallest absolute Gasteiger partial charge is 0.289 e. The van der Waals surface area contributed by atoms with E-state index in [0.717, 1.165) is 44.3 Å². The zero-order chi connectivity index (χ0) is 17.6. The van der Waals surface area contributed by atoms with E-state index in [4.69, 9.17) is 9.15 Å². The van der Waals surface area contributed by atoms with Gasteiger partial charge in [-0.25, -0.2) is 4.39 Å². The summed E-state index contributed by atoms with van der Waals surface area (Å²) in [4.78, 5) is 14.5. The van der Waals surface area contributed by atoms with Crippen molar-refractivity contribution in [3.63, 3.8) is 0 Å². The first kappa shape index (κ1) is 17.7. The summed E-state index contributed by atoms with van der Waals surface area (Å²) in [6.45, 7) is 1.85. The predicted molar refractivity (Wildman–Crippen MR) is 92.8 cm³/mol. The number of amides is 1. The molecule has 25 heavy (non-hydrogen) atoms. The number of rotatable bonds is 6. The Morgan fingerprint density at radius 3 is 3.04 bits per heavy atom. The zero-order valence-electron chi connectivity index (χ0n) is 14.5. The molecule has 0 spiro atoms. The van der Waals surface area contributed by atoms with Crippen molar-refractivity contribution >= 4 is 5.91 Å². The first-order valence-electron chi connectivity index (χ1n) is 8.77. The number of ether oxygens (including phenoxy) is 1. The molecule has 1 saturated heterocycles. The molecule has 2 heterocycles. The van der Waals surface area contributed by atoms with E-state index in [1.807, 2.05) is 11.0 Å². The minimum absolute atomic E-state index is 0.0576. The molecule has 0 saturated carbocycles. The summed E-state index contributed by atoms with van der Waals surface area (Å²) in [5.74, 6) is 1.22. The molecule has 4 nitrogen and oxygen atoms in total. The van der Waals surface area contributed by atoms with Crippen molar-refractivity contribution in [2.75, 3.05) is 20.2 Å². The molecule has 1 aromatic carbocycles. The fourth-order valence-electron chi connectivity index (χ4n) is 3.42. The van der Waals surface area contributed by atoms with Crippen molar-refractivity contribution in [1.82, 2.24) is 4.90 Å². The van der Waals surface area contributed by atoms with Crippen molar-refractivity contribution in [3.8, 4) is 0 Å². The monoisotopic (exact) mass is 345 g/mol. The molecule has 1 atom stereocenters. The summed E-state index contributed by atoms with van der Waals surface area (Å²) < 4.78 is 23.9. The van der Waals surface area contributed by atoms with E-state index in [9.17, 15) is 9.18 Å². The number of benzene rings is 1. The van der Waals surface area contributed by atoms with Crippen LogP contribution in [0.25, 0.3) is 0 Å². The SMILES string of the molecule is COCc1ccc(C(=O)N2CCCC(CCc3cccc(F)c3)C2)o1. The molecule has 0 N–H and O–H groups in total. The second-order valence-electron chi connectivity index (χ2n) is 6.63. The maximum Gasteiger partial charge on any atom is 0.289 e. The topological polar surface area (TPSA) is 42.7 Å². The van der Waals surface area contributed by atoms with Crippen LogP contribution in [-0.2, 0) is 17.8 Å². The van der Waals surface area contributed by atoms with Gasteiger partial charge in [-0.1, -0.05) is 12.1 Å². The molecule has 2 aromatic rings. The molecule has 1 fully saturated rings. The lowest BCUT2D eigenvalue weighted by Gasteiger charge is -2.32. The van der Waals surface area contributed by atoms with Gasteiger partial charge in [-0.2, -0.15) is 0 Å². The molecule has 1 aliphatic rings. The quantitative estimate of drug-likeness (QED) is 0.793. The highest BCUT2D eigenvalue weighted by molar-refractivity contribution is 5.91. The van der Waals surface area contributed by atoms with Crippen molar-refractivity contribution in [2.24, 2.45) is 5.92 Å². The summed E-state index contributed by atoms with van der Waals surface area (Å²) in [6, 6.07) is 10.2. The van der Waals surface area contributed by atoms with E-state index in [1.165, 1.54) is 6.07 Å². The number of piperidine rings is 1. The highest BCUT2D eigenvalue weighted by Gasteiger charge is 2.26. The second-order valence-corrected chi connectivity index (χ2v) is 6.63. The van der Waals surface area contributed by atoms with E-state index >= 15 is 0 Å². The number of carbonyl (C=O) groups excluding carboxylic acids is 1. The van der Waals surface area contributed by atoms with Gasteiger partial charge in [-0.15, -0.1) is 0 Å². The van der Waals surface area contributed by atoms with Crippen LogP contribution in [0.15, 0.2) is 40.8 Å². The maximum absolute atomic E-state index is 13.3. The number of nitrogens with zero attached hydrogens (tertiary/aromatic N) is 1. The minimum atomic E-state index is -0.192. The second kappa shape index (κ2) is 8.30. The van der Waals surface area contributed by atoms with Crippen molar-refractivity contribution in [1.29, 1.82) is 0 Å². The summed E-state index contributed by atoms with van der Waals surface area (Å²) in [5.41, 5.74) is 1.01. The Labute approximate surface area is 147 Å². The molecule has 0 bridgehead atoms. The lowest BCUT2D eigenvalue weighted by molar-refractivity contribution is 0.0629. The first-order valence-corrected chi connectivity index (χ1v) is 8.77. The van der Waals surface area contributed by atoms with Crippen LogP contribution in [0.5, 0.6) is 0 Å². The Hall–Kier alpha value is -2.14. The Morgan fingerprint density at radius 2 is 2.24 bits per heavy atom. The Balaban J connectivity index is 1.55. The number of furan rings is 1. The van der Waals surface area contributed by atoms with E-state index in [-0.39, 0.29) is 11.7 Å². The number of aryl methyl sites for hydroxylation is 1. The minimum Gasteiger partial charge on any atom is -0.453 e. The largest absolute Gasteiger partial charge is 0.453 e. The van der Waals surface area contributed by atoms with Gasteiger partial charge in [-0.3, -0.25) is 4.79 Å². The molecule has 0 aliphatic carbocycles. The average molecular weight is 345 g/mol. The van der Waals surface area contributed by atoms with E-state index < -0.39 is 0 Å². The van der Waals surface area contributed by atoms with Gasteiger partial charge in [0.05, 0.1) is 0 Å². The number of carbonyl (C=O) groups is 1. The molecule has 5 heteroatoms. The highest BCUT2D eigenvalue weighted by atomic mass is 19.1. The van der Waals surface area contributed by atoms with Crippen LogP contribution in [0.1, 0.15) is 41.1 Å². The number of hydrogen-bond donors (Lipinski definition) is 0. The fourth-order valence-corrected chi connectivity index (χ4v) is 3.42. The summed E-state index contributed by atoms with van der Waals surface area (Å²) in [6.07, 6.45) is 3.89. The van der Waals surface area contributed by atoms with E-state index in [2.05, 4.69) is 0 Å². The summed E-state index contributed by atoms with van der Waals surface area (Å²) in [7, 11) is 1.60. The van der Waals surface area contributed by atoms with Gasteiger partial charge >= 0.3 is 0 Å². The van der Waals surface area contributed by atoms with Crippen LogP contribution in [0, 0.1) is 11.7 Å². The van der Waals surface area contributed by atoms with Crippen LogP contribution in [0.2, 0.25) is 0 Å². The Morgan fingerprint density at radius 1 is 1.36 bits per heavy atom. The lowest BCUT2D eigenvalue weighted by Crippen LogP contribution is -2.39. The van der Waals surface area contributed by atoms with Gasteiger partial charge in [0.25, 0.3) is 5.91 Å². The maximum atomic E-state index is 13.3. The van der Waals surface area contributed by atoms with E-state index in [0.29, 0.717) is 24.0 Å². The molecule has 1 aliphatic heterocycles. The van der Waals surface area contributed by atoms with Crippen LogP contribution >= 0.6 is 0 Å². The number of hydrogen-bond acceptors (Lipinski definition) is 3. The van der Waals surface area contributed by atoms with Crippen LogP contribution in [0.3, 0.4) is 0 Å². The van der Waals surface area contributed by atoms with Crippen LogP contribution in [-0.4, -0.2) is 31.0 Å². The van der Waals surface area contributed by atoms with Gasteiger partial charge in [0.1, 0.15) is 18.2 Å². The third-order valence-corrected chi connectivity index (χ3v) is 4.70. The third kappa shape index (κ3) is 4.69. The molecule has 134 valence electrons. The molecule has 1 unspecified atom stereocenters. The molecular weight excluding hydrogens is 321 g/mol. The van der Waals surface area contributed by atoms with Crippen LogP contribution in [0.4, 0.5) is 4.39 Å². The van der Waals surface area contributed by atoms with Crippen molar-refractivity contribution in [2.45, 2.75) is 32.3 Å². The van der Waals surface area contributed by atoms with E-state index in [1.54, 1.807) is 31.4 Å². The zero-order valence-corrected chi connectivity index (χ0v) is 14.5. The van der Waals surface area contributed by atoms with Gasteiger partial charge < -0.3 is 14.1 Å². The van der Waals surface area contributed by atoms with Crippen LogP contribution < -0.4 is 0 Å². The highest BCUT2D eigenvalue weighted by Crippen LogP contribution is 2.23. The molecular formula is C20H24FNO3. The van der Waals surface area contributed by atoms with Gasteiger partial charge in [0, 0.05) is 20.2 Å². The third-order valence-electron chi connectivity index (χ3n) is 4.70. The summed E-state index contributed by atoms with van der Waals surface area (Å²) in [5, 5.41) is 0. The number of likely N-dealkylation sites (tertiary alicyclic amines) is 1. The van der Waals surface area contributed by atoms with Gasteiger partial charge in [-0.05, 0) is 61.4 Å². The average Bonchev–Trinajstić information content (AvgIpc) is 3.09. The van der Waals surface area contributed by atoms with Crippen molar-refractivity contribution in [3.05, 3.63) is 59.3 Å². The fraction of sp³-hybridized carbons (Fsp3) is 0.450. The van der Waals surface area contributed by atoms with Gasteiger partial charge in [0.15, 0.2) is 5.76 Å². The van der Waals surface area contributed by atoms with Crippen molar-refractivity contribution < 1.29 is 18.3 Å². The summed E-state index contributed by atoms with van der Waals surface area (Å²) >= 11 is 0. The molecule has 0 radical (unpaired) electrons. The normalized spacial score (nSPS) is 17.7. The molecule has 1 aromatic heterocycles. The standard InChI is InChI=1S/C20H24FNO3/c1-24-14-18-9-10-19(25-18)20(23)22-11-3-5-16(13-22)8-7-15-4-2-6-17(21)12-15/h2,4,6,9-10,12,16H,3,5,7-8,11,13-14H2,1H3. The molecule has 1 amide bonds. The lowest BCUT2D eigenvalue weighted by atomic mass is 9.91. The Kier molecular flexibility index (Phi) is 5.87. The Bertz CT molecular complexity index is 712. The molecule has 3 rings (SSSR count). The number of methoxy groups -OCH3 is 1. The number of halogens is 1. The predicted octanol–water partition coefficient (Wildman–Crippen LogP) is 4.05. The van der Waals surface area contributed by atoms with Gasteiger partial charge in [0.2, 0.25) is 0 Å². The first-order chi connectivity index (χ1) is 12.2.